The Morgan fingerprint density at radius 2 is 1.88 bits per heavy atom. The van der Waals surface area contributed by atoms with E-state index in [0.29, 0.717) is 12.8 Å². The Morgan fingerprint density at radius 3 is 2.47 bits per heavy atom. The largest absolute Gasteiger partial charge is 0.388 e. The highest BCUT2D eigenvalue weighted by molar-refractivity contribution is 7.54. The van der Waals surface area contributed by atoms with Gasteiger partial charge in [0.05, 0.1) is 24.4 Å². The minimum Gasteiger partial charge on any atom is -0.388 e. The number of ether oxygens (including phenoxy) is 1. The van der Waals surface area contributed by atoms with Crippen molar-refractivity contribution >= 4 is 18.8 Å². The molecule has 2 aromatic rings. The van der Waals surface area contributed by atoms with Crippen LogP contribution >= 0.6 is 7.60 Å². The molecule has 13 heteroatoms. The zero-order chi connectivity index (χ0) is 23.9. The van der Waals surface area contributed by atoms with Crippen LogP contribution in [0.5, 0.6) is 0 Å². The maximum atomic E-state index is 12.8. The Labute approximate surface area is 184 Å². The third-order valence-electron chi connectivity index (χ3n) is 6.43. The summed E-state index contributed by atoms with van der Waals surface area (Å²) < 4.78 is 25.8. The summed E-state index contributed by atoms with van der Waals surface area (Å²) in [7, 11) is -4.45. The number of fused-ring (bicyclic) bond motifs is 1. The molecule has 0 aliphatic carbocycles. The standard InChI is InChI=1S/C19H31N4O8P/c1-5-18(4,27)32(28,29)31-19(6-2,7-3)8-11-13(24)14(25)17(30-11)23-10-22-12-15(23)20-9-21-16(12)26/h9-11,13-14,17,24-25,27H,5-8H2,1-4H3,(H,28,29)(H,20,21,26)/t11?,13?,14-,17-,18?/m1/s1. The predicted molar refractivity (Wildman–Crippen MR) is 114 cm³/mol. The zero-order valence-electron chi connectivity index (χ0n) is 18.5. The van der Waals surface area contributed by atoms with Crippen LogP contribution in [0.3, 0.4) is 0 Å². The Morgan fingerprint density at radius 1 is 1.22 bits per heavy atom. The highest BCUT2D eigenvalue weighted by Gasteiger charge is 2.51. The van der Waals surface area contributed by atoms with Crippen molar-refractivity contribution in [2.45, 2.75) is 88.9 Å². The van der Waals surface area contributed by atoms with Crippen molar-refractivity contribution in [3.8, 4) is 0 Å². The molecule has 1 fully saturated rings. The second-order valence-electron chi connectivity index (χ2n) is 8.38. The van der Waals surface area contributed by atoms with Gasteiger partial charge in [0, 0.05) is 6.42 Å². The van der Waals surface area contributed by atoms with Crippen LogP contribution < -0.4 is 5.56 Å². The molecule has 0 bridgehead atoms. The van der Waals surface area contributed by atoms with Gasteiger partial charge in [-0.1, -0.05) is 20.8 Å². The molecule has 2 aromatic heterocycles. The van der Waals surface area contributed by atoms with Crippen molar-refractivity contribution in [1.82, 2.24) is 19.5 Å². The van der Waals surface area contributed by atoms with Gasteiger partial charge in [0.25, 0.3) is 5.56 Å². The topological polar surface area (TPSA) is 180 Å². The van der Waals surface area contributed by atoms with Crippen molar-refractivity contribution in [1.29, 1.82) is 0 Å². The van der Waals surface area contributed by atoms with Crippen LogP contribution in [0.1, 0.15) is 59.6 Å². The van der Waals surface area contributed by atoms with Crippen LogP contribution in [-0.4, -0.2) is 69.0 Å². The molecule has 4 unspecified atom stereocenters. The molecule has 1 aliphatic rings. The molecule has 180 valence electrons. The molecule has 3 rings (SSSR count). The van der Waals surface area contributed by atoms with E-state index < -0.39 is 48.6 Å². The number of nitrogens with zero attached hydrogens (tertiary/aromatic N) is 3. The van der Waals surface area contributed by atoms with Gasteiger partial charge in [-0.2, -0.15) is 0 Å². The summed E-state index contributed by atoms with van der Waals surface area (Å²) in [6, 6.07) is 0. The summed E-state index contributed by atoms with van der Waals surface area (Å²) in [5, 5.41) is 29.7. The summed E-state index contributed by atoms with van der Waals surface area (Å²) in [6.07, 6.45) is -1.68. The molecular formula is C19H31N4O8P. The van der Waals surface area contributed by atoms with E-state index in [0.717, 1.165) is 0 Å². The number of hydrogen-bond donors (Lipinski definition) is 5. The van der Waals surface area contributed by atoms with E-state index in [-0.39, 0.29) is 24.0 Å². The van der Waals surface area contributed by atoms with Crippen LogP contribution in [0.15, 0.2) is 17.4 Å². The number of aromatic amines is 1. The number of imidazole rings is 1. The van der Waals surface area contributed by atoms with Crippen molar-refractivity contribution in [2.24, 2.45) is 0 Å². The summed E-state index contributed by atoms with van der Waals surface area (Å²) in [5.74, 6) is 0. The van der Waals surface area contributed by atoms with Crippen LogP contribution in [0.2, 0.25) is 0 Å². The molecule has 32 heavy (non-hydrogen) atoms. The highest BCUT2D eigenvalue weighted by Crippen LogP contribution is 2.59. The lowest BCUT2D eigenvalue weighted by atomic mass is 9.88. The van der Waals surface area contributed by atoms with E-state index in [2.05, 4.69) is 15.0 Å². The Bertz CT molecular complexity index is 1050. The molecule has 12 nitrogen and oxygen atoms in total. The Kier molecular flexibility index (Phi) is 6.98. The average Bonchev–Trinajstić information content (AvgIpc) is 3.30. The molecule has 0 aromatic carbocycles. The van der Waals surface area contributed by atoms with Crippen molar-refractivity contribution in [3.63, 3.8) is 0 Å². The molecule has 0 saturated carbocycles. The fourth-order valence-electron chi connectivity index (χ4n) is 3.81. The summed E-state index contributed by atoms with van der Waals surface area (Å²) in [6.45, 7) is 6.34. The summed E-state index contributed by atoms with van der Waals surface area (Å²) in [5.41, 5.74) is -1.41. The van der Waals surface area contributed by atoms with Gasteiger partial charge in [-0.25, -0.2) is 9.97 Å². The van der Waals surface area contributed by atoms with Gasteiger partial charge in [0.1, 0.15) is 12.2 Å². The molecular weight excluding hydrogens is 443 g/mol. The van der Waals surface area contributed by atoms with E-state index in [1.165, 1.54) is 24.1 Å². The van der Waals surface area contributed by atoms with Crippen molar-refractivity contribution in [3.05, 3.63) is 23.0 Å². The highest BCUT2D eigenvalue weighted by atomic mass is 31.2. The number of rotatable bonds is 9. The number of H-pyrrole nitrogens is 1. The van der Waals surface area contributed by atoms with Gasteiger partial charge >= 0.3 is 7.60 Å². The van der Waals surface area contributed by atoms with Gasteiger partial charge < -0.3 is 29.9 Å². The second-order valence-corrected chi connectivity index (χ2v) is 10.6. The minimum atomic E-state index is -4.45. The lowest BCUT2D eigenvalue weighted by molar-refractivity contribution is -0.0753. The first kappa shape index (κ1) is 25.0. The Hall–Kier alpha value is -1.66. The molecule has 0 radical (unpaired) electrons. The third kappa shape index (κ3) is 4.28. The predicted octanol–water partition coefficient (Wildman–Crippen LogP) is 1.01. The summed E-state index contributed by atoms with van der Waals surface area (Å²) >= 11 is 0. The normalized spacial score (nSPS) is 28.0. The molecule has 1 saturated heterocycles. The smallest absolute Gasteiger partial charge is 0.359 e. The second kappa shape index (κ2) is 8.94. The zero-order valence-corrected chi connectivity index (χ0v) is 19.4. The molecule has 0 amide bonds. The van der Waals surface area contributed by atoms with Gasteiger partial charge in [-0.15, -0.1) is 0 Å². The van der Waals surface area contributed by atoms with E-state index >= 15 is 0 Å². The number of nitrogens with one attached hydrogen (secondary N) is 1. The third-order valence-corrected chi connectivity index (χ3v) is 8.60. The maximum Gasteiger partial charge on any atom is 0.359 e. The number of hydrogen-bond acceptors (Lipinski definition) is 9. The monoisotopic (exact) mass is 474 g/mol. The molecule has 5 N–H and O–H groups in total. The van der Waals surface area contributed by atoms with Crippen LogP contribution in [-0.2, 0) is 13.8 Å². The number of aliphatic hydroxyl groups is 3. The van der Waals surface area contributed by atoms with Gasteiger partial charge in [0.15, 0.2) is 22.7 Å². The quantitative estimate of drug-likeness (QED) is 0.329. The van der Waals surface area contributed by atoms with E-state index in [4.69, 9.17) is 9.26 Å². The van der Waals surface area contributed by atoms with Gasteiger partial charge in [-0.3, -0.25) is 18.5 Å². The van der Waals surface area contributed by atoms with E-state index in [1.807, 2.05) is 0 Å². The fraction of sp³-hybridized carbons (Fsp3) is 0.737. The van der Waals surface area contributed by atoms with E-state index in [1.54, 1.807) is 20.8 Å². The van der Waals surface area contributed by atoms with Crippen LogP contribution in [0, 0.1) is 0 Å². The lowest BCUT2D eigenvalue weighted by Crippen LogP contribution is -2.41. The van der Waals surface area contributed by atoms with Gasteiger partial charge in [0.2, 0.25) is 0 Å². The average molecular weight is 474 g/mol. The minimum absolute atomic E-state index is 0.00740. The van der Waals surface area contributed by atoms with Crippen LogP contribution in [0.4, 0.5) is 0 Å². The summed E-state index contributed by atoms with van der Waals surface area (Å²) in [4.78, 5) is 32.8. The first-order valence-electron chi connectivity index (χ1n) is 10.6. The first-order chi connectivity index (χ1) is 14.9. The number of aromatic nitrogens is 4. The van der Waals surface area contributed by atoms with E-state index in [9.17, 15) is 29.6 Å². The van der Waals surface area contributed by atoms with Gasteiger partial charge in [-0.05, 0) is 26.2 Å². The first-order valence-corrected chi connectivity index (χ1v) is 12.2. The number of aliphatic hydroxyl groups excluding tert-OH is 2. The van der Waals surface area contributed by atoms with Crippen LogP contribution in [0.25, 0.3) is 11.2 Å². The van der Waals surface area contributed by atoms with Crippen molar-refractivity contribution < 1.29 is 34.0 Å². The fourth-order valence-corrected chi connectivity index (χ4v) is 5.26. The molecule has 0 spiro atoms. The molecule has 6 atom stereocenters. The SMILES string of the molecule is CCC(CC)(CC1O[C@@H](n2cnc3c(=O)[nH]cnc32)[C@H](O)C1O)OP(=O)(O)C(C)(O)CC. The lowest BCUT2D eigenvalue weighted by Gasteiger charge is -2.39. The maximum absolute atomic E-state index is 12.8. The molecule has 1 aliphatic heterocycles. The molecule has 3 heterocycles. The Balaban J connectivity index is 1.88. The van der Waals surface area contributed by atoms with Crippen molar-refractivity contribution in [2.75, 3.05) is 0 Å².